The van der Waals surface area contributed by atoms with E-state index in [0.717, 1.165) is 24.2 Å². The van der Waals surface area contributed by atoms with Gasteiger partial charge in [0.1, 0.15) is 5.75 Å². The summed E-state index contributed by atoms with van der Waals surface area (Å²) in [6, 6.07) is 11.1. The third-order valence-electron chi connectivity index (χ3n) is 3.76. The molecule has 132 valence electrons. The number of halogens is 2. The lowest BCUT2D eigenvalue weighted by Gasteiger charge is -2.07. The summed E-state index contributed by atoms with van der Waals surface area (Å²) < 4.78 is 5.19. The third kappa shape index (κ3) is 6.07. The van der Waals surface area contributed by atoms with Gasteiger partial charge in [-0.1, -0.05) is 35.3 Å². The molecule has 0 aliphatic heterocycles. The van der Waals surface area contributed by atoms with E-state index in [9.17, 15) is 4.79 Å². The molecular formula is C19H20Cl2N2O2. The van der Waals surface area contributed by atoms with E-state index in [0.29, 0.717) is 22.0 Å². The van der Waals surface area contributed by atoms with E-state index in [2.05, 4.69) is 10.5 Å². The first-order chi connectivity index (χ1) is 12.0. The third-order valence-corrected chi connectivity index (χ3v) is 4.32. The van der Waals surface area contributed by atoms with Crippen LogP contribution in [0.1, 0.15) is 29.5 Å². The smallest absolute Gasteiger partial charge is 0.240 e. The average molecular weight is 379 g/mol. The zero-order chi connectivity index (χ0) is 18.2. The van der Waals surface area contributed by atoms with Gasteiger partial charge in [0.05, 0.1) is 18.3 Å². The summed E-state index contributed by atoms with van der Waals surface area (Å²) in [5.41, 5.74) is 5.58. The van der Waals surface area contributed by atoms with E-state index in [4.69, 9.17) is 27.9 Å². The molecule has 0 heterocycles. The quantitative estimate of drug-likeness (QED) is 0.556. The Balaban J connectivity index is 1.78. The number of rotatable bonds is 7. The Bertz CT molecular complexity index is 776. The van der Waals surface area contributed by atoms with Gasteiger partial charge >= 0.3 is 0 Å². The lowest BCUT2D eigenvalue weighted by atomic mass is 10.0. The summed E-state index contributed by atoms with van der Waals surface area (Å²) in [5.74, 6) is 0.710. The molecule has 0 spiro atoms. The molecule has 2 rings (SSSR count). The maximum atomic E-state index is 11.8. The lowest BCUT2D eigenvalue weighted by Crippen LogP contribution is -2.17. The van der Waals surface area contributed by atoms with Gasteiger partial charge in [0.15, 0.2) is 0 Å². The summed E-state index contributed by atoms with van der Waals surface area (Å²) in [4.78, 5) is 11.8. The minimum atomic E-state index is -0.132. The SMILES string of the molecule is COc1ccc(CCCC(=O)N/N=C/c2ccc(Cl)cc2Cl)c(C)c1. The van der Waals surface area contributed by atoms with E-state index in [-0.39, 0.29) is 5.91 Å². The number of hydrogen-bond donors (Lipinski definition) is 1. The molecule has 6 heteroatoms. The maximum absolute atomic E-state index is 11.8. The lowest BCUT2D eigenvalue weighted by molar-refractivity contribution is -0.121. The number of carbonyl (C=O) groups is 1. The van der Waals surface area contributed by atoms with Crippen molar-refractivity contribution in [1.82, 2.24) is 5.43 Å². The van der Waals surface area contributed by atoms with Crippen LogP contribution >= 0.6 is 23.2 Å². The summed E-state index contributed by atoms with van der Waals surface area (Å²) in [7, 11) is 1.65. The molecule has 2 aromatic rings. The molecule has 0 saturated heterocycles. The minimum Gasteiger partial charge on any atom is -0.497 e. The van der Waals surface area contributed by atoms with Crippen molar-refractivity contribution in [3.05, 3.63) is 63.1 Å². The van der Waals surface area contributed by atoms with Crippen LogP contribution < -0.4 is 10.2 Å². The Morgan fingerprint density at radius 1 is 1.24 bits per heavy atom. The molecule has 1 N–H and O–H groups in total. The van der Waals surface area contributed by atoms with Crippen LogP contribution in [0.5, 0.6) is 5.75 Å². The Labute approximate surface area is 157 Å². The second kappa shape index (κ2) is 9.44. The zero-order valence-electron chi connectivity index (χ0n) is 14.2. The van der Waals surface area contributed by atoms with Gasteiger partial charge in [0, 0.05) is 17.0 Å². The number of amides is 1. The molecular weight excluding hydrogens is 359 g/mol. The van der Waals surface area contributed by atoms with Crippen LogP contribution in [-0.2, 0) is 11.2 Å². The van der Waals surface area contributed by atoms with Crippen molar-refractivity contribution in [1.29, 1.82) is 0 Å². The summed E-state index contributed by atoms with van der Waals surface area (Å²) in [6.45, 7) is 2.04. The molecule has 0 saturated carbocycles. The highest BCUT2D eigenvalue weighted by Crippen LogP contribution is 2.20. The standard InChI is InChI=1S/C19H20Cl2N2O2/c1-13-10-17(25-2)9-7-14(13)4-3-5-19(24)23-22-12-15-6-8-16(20)11-18(15)21/h6-12H,3-5H2,1-2H3,(H,23,24)/b22-12+. The largest absolute Gasteiger partial charge is 0.497 e. The molecule has 0 aliphatic rings. The van der Waals surface area contributed by atoms with Gasteiger partial charge in [-0.25, -0.2) is 5.43 Å². The van der Waals surface area contributed by atoms with Crippen molar-refractivity contribution in [2.45, 2.75) is 26.2 Å². The van der Waals surface area contributed by atoms with Crippen molar-refractivity contribution < 1.29 is 9.53 Å². The molecule has 0 bridgehead atoms. The number of hydrogen-bond acceptors (Lipinski definition) is 3. The number of ether oxygens (including phenoxy) is 1. The van der Waals surface area contributed by atoms with E-state index < -0.39 is 0 Å². The van der Waals surface area contributed by atoms with Crippen LogP contribution in [0.2, 0.25) is 10.0 Å². The molecule has 0 fully saturated rings. The molecule has 0 aliphatic carbocycles. The van der Waals surface area contributed by atoms with Gasteiger partial charge in [-0.15, -0.1) is 0 Å². The van der Waals surface area contributed by atoms with Gasteiger partial charge in [0.25, 0.3) is 0 Å². The Hall–Kier alpha value is -2.04. The Morgan fingerprint density at radius 3 is 2.72 bits per heavy atom. The van der Waals surface area contributed by atoms with Crippen LogP contribution in [0.15, 0.2) is 41.5 Å². The van der Waals surface area contributed by atoms with Crippen molar-refractivity contribution in [3.8, 4) is 5.75 Å². The van der Waals surface area contributed by atoms with E-state index >= 15 is 0 Å². The van der Waals surface area contributed by atoms with Crippen molar-refractivity contribution >= 4 is 35.3 Å². The Kier molecular flexibility index (Phi) is 7.29. The predicted octanol–water partition coefficient (Wildman–Crippen LogP) is 4.78. The molecule has 0 radical (unpaired) electrons. The highest BCUT2D eigenvalue weighted by atomic mass is 35.5. The van der Waals surface area contributed by atoms with Gasteiger partial charge in [0.2, 0.25) is 5.91 Å². The highest BCUT2D eigenvalue weighted by Gasteiger charge is 2.04. The fourth-order valence-electron chi connectivity index (χ4n) is 2.35. The van der Waals surface area contributed by atoms with E-state index in [1.807, 2.05) is 25.1 Å². The number of methoxy groups -OCH3 is 1. The number of benzene rings is 2. The topological polar surface area (TPSA) is 50.7 Å². The molecule has 2 aromatic carbocycles. The first-order valence-corrected chi connectivity index (χ1v) is 8.65. The van der Waals surface area contributed by atoms with Gasteiger partial charge in [-0.2, -0.15) is 5.10 Å². The van der Waals surface area contributed by atoms with Crippen LogP contribution in [-0.4, -0.2) is 19.2 Å². The summed E-state index contributed by atoms with van der Waals surface area (Å²) >= 11 is 11.9. The van der Waals surface area contributed by atoms with Gasteiger partial charge in [-0.3, -0.25) is 4.79 Å². The first-order valence-electron chi connectivity index (χ1n) is 7.90. The summed E-state index contributed by atoms with van der Waals surface area (Å²) in [5, 5.41) is 4.97. The van der Waals surface area contributed by atoms with Crippen molar-refractivity contribution in [2.75, 3.05) is 7.11 Å². The molecule has 0 unspecified atom stereocenters. The van der Waals surface area contributed by atoms with Crippen LogP contribution in [0.4, 0.5) is 0 Å². The summed E-state index contributed by atoms with van der Waals surface area (Å²) in [6.07, 6.45) is 3.48. The number of carbonyl (C=O) groups excluding carboxylic acids is 1. The number of aryl methyl sites for hydroxylation is 2. The number of nitrogens with zero attached hydrogens (tertiary/aromatic N) is 1. The second-order valence-electron chi connectivity index (χ2n) is 5.60. The van der Waals surface area contributed by atoms with Gasteiger partial charge in [-0.05, 0) is 55.2 Å². The molecule has 0 atom stereocenters. The molecule has 1 amide bonds. The Morgan fingerprint density at radius 2 is 2.04 bits per heavy atom. The number of hydrazone groups is 1. The fraction of sp³-hybridized carbons (Fsp3) is 0.263. The van der Waals surface area contributed by atoms with Crippen molar-refractivity contribution in [3.63, 3.8) is 0 Å². The monoisotopic (exact) mass is 378 g/mol. The average Bonchev–Trinajstić information content (AvgIpc) is 2.58. The van der Waals surface area contributed by atoms with Crippen molar-refractivity contribution in [2.24, 2.45) is 5.10 Å². The molecule has 0 aromatic heterocycles. The van der Waals surface area contributed by atoms with E-state index in [1.54, 1.807) is 25.3 Å². The van der Waals surface area contributed by atoms with E-state index in [1.165, 1.54) is 11.8 Å². The van der Waals surface area contributed by atoms with Crippen LogP contribution in [0.3, 0.4) is 0 Å². The van der Waals surface area contributed by atoms with Gasteiger partial charge < -0.3 is 4.74 Å². The zero-order valence-corrected chi connectivity index (χ0v) is 15.7. The molecule has 25 heavy (non-hydrogen) atoms. The fourth-order valence-corrected chi connectivity index (χ4v) is 2.81. The second-order valence-corrected chi connectivity index (χ2v) is 6.45. The highest BCUT2D eigenvalue weighted by molar-refractivity contribution is 6.36. The first kappa shape index (κ1) is 19.3. The maximum Gasteiger partial charge on any atom is 0.240 e. The predicted molar refractivity (Wildman–Crippen MR) is 103 cm³/mol. The van der Waals surface area contributed by atoms with Crippen LogP contribution in [0, 0.1) is 6.92 Å². The normalized spacial score (nSPS) is 10.9. The minimum absolute atomic E-state index is 0.132. The molecule has 4 nitrogen and oxygen atoms in total. The number of nitrogens with one attached hydrogen (secondary N) is 1. The van der Waals surface area contributed by atoms with Crippen LogP contribution in [0.25, 0.3) is 0 Å².